The van der Waals surface area contributed by atoms with E-state index < -0.39 is 0 Å². The molecule has 3 aromatic rings. The highest BCUT2D eigenvalue weighted by molar-refractivity contribution is 6.15. The van der Waals surface area contributed by atoms with Gasteiger partial charge in [-0.05, 0) is 54.7 Å². The van der Waals surface area contributed by atoms with Crippen LogP contribution in [0.1, 0.15) is 61.4 Å². The Bertz CT molecular complexity index is 1220. The number of amides is 2. The van der Waals surface area contributed by atoms with Gasteiger partial charge >= 0.3 is 0 Å². The molecule has 2 amide bonds. The van der Waals surface area contributed by atoms with Gasteiger partial charge in [-0.1, -0.05) is 54.6 Å². The summed E-state index contributed by atoms with van der Waals surface area (Å²) < 4.78 is 0. The molecule has 5 nitrogen and oxygen atoms in total. The number of carbonyl (C=O) groups is 3. The number of nitrogens with zero attached hydrogens (tertiary/aromatic N) is 1. The number of benzene rings is 3. The first kappa shape index (κ1) is 22.5. The Kier molecular flexibility index (Phi) is 6.68. The monoisotopic (exact) mass is 440 g/mol. The molecule has 0 radical (unpaired) electrons. The number of ketones is 1. The highest BCUT2D eigenvalue weighted by Crippen LogP contribution is 2.19. The molecule has 5 heteroatoms. The summed E-state index contributed by atoms with van der Waals surface area (Å²) >= 11 is 0. The number of hydrogen-bond acceptors (Lipinski definition) is 3. The highest BCUT2D eigenvalue weighted by Gasteiger charge is 2.22. The highest BCUT2D eigenvalue weighted by atomic mass is 16.2. The molecule has 0 saturated carbocycles. The van der Waals surface area contributed by atoms with Crippen LogP contribution in [0.15, 0.2) is 66.7 Å². The Balaban J connectivity index is 1.51. The maximum Gasteiger partial charge on any atom is 0.252 e. The minimum atomic E-state index is -0.296. The van der Waals surface area contributed by atoms with E-state index in [-0.39, 0.29) is 17.6 Å². The van der Waals surface area contributed by atoms with Crippen LogP contribution in [0.3, 0.4) is 0 Å². The van der Waals surface area contributed by atoms with Crippen LogP contribution in [0.4, 0.5) is 0 Å². The van der Waals surface area contributed by atoms with Crippen LogP contribution in [-0.4, -0.2) is 29.0 Å². The van der Waals surface area contributed by atoms with Crippen molar-refractivity contribution in [1.29, 1.82) is 0 Å². The van der Waals surface area contributed by atoms with Crippen molar-refractivity contribution < 1.29 is 14.4 Å². The molecule has 0 atom stereocenters. The van der Waals surface area contributed by atoms with Gasteiger partial charge in [-0.3, -0.25) is 14.4 Å². The average Bonchev–Trinajstić information content (AvgIpc) is 3.23. The molecule has 4 rings (SSSR count). The average molecular weight is 441 g/mol. The number of carbonyl (C=O) groups excluding carboxylic acids is 3. The lowest BCUT2D eigenvalue weighted by Crippen LogP contribution is -2.27. The Morgan fingerprint density at radius 1 is 0.879 bits per heavy atom. The Morgan fingerprint density at radius 3 is 2.27 bits per heavy atom. The third-order valence-electron chi connectivity index (χ3n) is 6.28. The van der Waals surface area contributed by atoms with Crippen LogP contribution in [0.5, 0.6) is 0 Å². The molecule has 1 aliphatic heterocycles. The molecule has 3 aromatic carbocycles. The van der Waals surface area contributed by atoms with E-state index in [9.17, 15) is 14.4 Å². The van der Waals surface area contributed by atoms with Gasteiger partial charge in [-0.15, -0.1) is 0 Å². The first-order valence-electron chi connectivity index (χ1n) is 11.3. The van der Waals surface area contributed by atoms with Gasteiger partial charge in [0, 0.05) is 37.2 Å². The largest absolute Gasteiger partial charge is 0.348 e. The minimum Gasteiger partial charge on any atom is -0.348 e. The molecule has 168 valence electrons. The van der Waals surface area contributed by atoms with Crippen LogP contribution in [0.25, 0.3) is 0 Å². The van der Waals surface area contributed by atoms with Crippen molar-refractivity contribution in [2.24, 2.45) is 0 Å². The van der Waals surface area contributed by atoms with Crippen LogP contribution in [0.2, 0.25) is 0 Å². The molecule has 33 heavy (non-hydrogen) atoms. The molecule has 1 saturated heterocycles. The zero-order valence-corrected chi connectivity index (χ0v) is 19.1. The summed E-state index contributed by atoms with van der Waals surface area (Å²) in [5.74, 6) is -0.292. The lowest BCUT2D eigenvalue weighted by Gasteiger charge is -2.18. The molecular weight excluding hydrogens is 412 g/mol. The first-order valence-corrected chi connectivity index (χ1v) is 11.3. The number of likely N-dealkylation sites (tertiary alicyclic amines) is 1. The van der Waals surface area contributed by atoms with Gasteiger partial charge in [0.25, 0.3) is 5.91 Å². The summed E-state index contributed by atoms with van der Waals surface area (Å²) in [6, 6.07) is 20.3. The van der Waals surface area contributed by atoms with Crippen LogP contribution < -0.4 is 5.32 Å². The predicted octanol–water partition coefficient (Wildman–Crippen LogP) is 4.59. The summed E-state index contributed by atoms with van der Waals surface area (Å²) in [6.07, 6.45) is 1.49. The molecular formula is C28H28N2O3. The molecule has 0 bridgehead atoms. The van der Waals surface area contributed by atoms with E-state index in [1.807, 2.05) is 55.1 Å². The van der Waals surface area contributed by atoms with E-state index in [1.54, 1.807) is 30.3 Å². The number of aryl methyl sites for hydroxylation is 2. The van der Waals surface area contributed by atoms with Crippen molar-refractivity contribution in [3.63, 3.8) is 0 Å². The van der Waals surface area contributed by atoms with Gasteiger partial charge in [-0.25, -0.2) is 0 Å². The second kappa shape index (κ2) is 9.82. The van der Waals surface area contributed by atoms with E-state index in [0.717, 1.165) is 35.2 Å². The molecule has 0 spiro atoms. The SMILES string of the molecule is Cc1ccc(C(=O)c2ccccc2C(=O)NCc2ccccc2CN2CCCC2=O)cc1C. The quantitative estimate of drug-likeness (QED) is 0.547. The summed E-state index contributed by atoms with van der Waals surface area (Å²) in [4.78, 5) is 40.1. The molecule has 1 aliphatic rings. The molecule has 0 unspecified atom stereocenters. The number of nitrogens with one attached hydrogen (secondary N) is 1. The van der Waals surface area contributed by atoms with Crippen LogP contribution in [0, 0.1) is 13.8 Å². The smallest absolute Gasteiger partial charge is 0.252 e. The molecule has 0 aromatic heterocycles. The van der Waals surface area contributed by atoms with Crippen molar-refractivity contribution in [3.05, 3.63) is 106 Å². The van der Waals surface area contributed by atoms with Gasteiger partial charge in [-0.2, -0.15) is 0 Å². The van der Waals surface area contributed by atoms with Gasteiger partial charge in [0.2, 0.25) is 5.91 Å². The maximum atomic E-state index is 13.2. The number of hydrogen-bond donors (Lipinski definition) is 1. The van der Waals surface area contributed by atoms with Gasteiger partial charge in [0.05, 0.1) is 5.56 Å². The first-order chi connectivity index (χ1) is 15.9. The van der Waals surface area contributed by atoms with E-state index in [1.165, 1.54) is 0 Å². The molecule has 1 fully saturated rings. The van der Waals surface area contributed by atoms with Gasteiger partial charge in [0.15, 0.2) is 5.78 Å². The minimum absolute atomic E-state index is 0.170. The van der Waals surface area contributed by atoms with Gasteiger partial charge in [0.1, 0.15) is 0 Å². The fourth-order valence-electron chi connectivity index (χ4n) is 4.15. The van der Waals surface area contributed by atoms with E-state index in [0.29, 0.717) is 36.2 Å². The summed E-state index contributed by atoms with van der Waals surface area (Å²) in [6.45, 7) is 5.61. The maximum absolute atomic E-state index is 13.2. The number of rotatable bonds is 7. The lowest BCUT2D eigenvalue weighted by atomic mass is 9.95. The van der Waals surface area contributed by atoms with Crippen molar-refractivity contribution in [3.8, 4) is 0 Å². The van der Waals surface area contributed by atoms with Crippen LogP contribution in [-0.2, 0) is 17.9 Å². The van der Waals surface area contributed by atoms with E-state index in [4.69, 9.17) is 0 Å². The second-order valence-electron chi connectivity index (χ2n) is 8.54. The third-order valence-corrected chi connectivity index (χ3v) is 6.28. The fraction of sp³-hybridized carbons (Fsp3) is 0.250. The third kappa shape index (κ3) is 5.03. The topological polar surface area (TPSA) is 66.5 Å². The Hall–Kier alpha value is -3.73. The summed E-state index contributed by atoms with van der Waals surface area (Å²) in [7, 11) is 0. The van der Waals surface area contributed by atoms with Crippen molar-refractivity contribution in [2.75, 3.05) is 6.54 Å². The standard InChI is InChI=1S/C28H28N2O3/c1-19-13-14-21(16-20(19)2)27(32)24-10-5-6-11-25(24)28(33)29-17-22-8-3-4-9-23(22)18-30-15-7-12-26(30)31/h3-6,8-11,13-14,16H,7,12,15,17-18H2,1-2H3,(H,29,33). The zero-order chi connectivity index (χ0) is 23.4. The van der Waals surface area contributed by atoms with E-state index >= 15 is 0 Å². The Labute approximate surface area is 194 Å². The van der Waals surface area contributed by atoms with Crippen molar-refractivity contribution in [2.45, 2.75) is 39.8 Å². The van der Waals surface area contributed by atoms with Crippen LogP contribution >= 0.6 is 0 Å². The second-order valence-corrected chi connectivity index (χ2v) is 8.54. The summed E-state index contributed by atoms with van der Waals surface area (Å²) in [5.41, 5.74) is 5.44. The van der Waals surface area contributed by atoms with Crippen molar-refractivity contribution >= 4 is 17.6 Å². The predicted molar refractivity (Wildman–Crippen MR) is 128 cm³/mol. The Morgan fingerprint density at radius 2 is 1.58 bits per heavy atom. The normalized spacial score (nSPS) is 13.3. The summed E-state index contributed by atoms with van der Waals surface area (Å²) in [5, 5.41) is 2.96. The van der Waals surface area contributed by atoms with Crippen molar-refractivity contribution in [1.82, 2.24) is 10.2 Å². The zero-order valence-electron chi connectivity index (χ0n) is 19.1. The molecule has 0 aliphatic carbocycles. The molecule has 1 N–H and O–H groups in total. The lowest BCUT2D eigenvalue weighted by molar-refractivity contribution is -0.128. The fourth-order valence-corrected chi connectivity index (χ4v) is 4.15. The van der Waals surface area contributed by atoms with E-state index in [2.05, 4.69) is 5.32 Å². The molecule has 1 heterocycles. The van der Waals surface area contributed by atoms with Gasteiger partial charge < -0.3 is 10.2 Å².